The Kier molecular flexibility index (Phi) is 8.03. The van der Waals surface area contributed by atoms with Crippen molar-refractivity contribution in [1.82, 2.24) is 9.80 Å². The Labute approximate surface area is 175 Å². The molecule has 3 rings (SSSR count). The number of para-hydroxylation sites is 1. The number of hydrogen-bond acceptors (Lipinski definition) is 7. The van der Waals surface area contributed by atoms with Crippen molar-refractivity contribution >= 4 is 28.2 Å². The van der Waals surface area contributed by atoms with Crippen LogP contribution in [0.15, 0.2) is 41.8 Å². The number of nitrogens with zero attached hydrogens (tertiary/aromatic N) is 2. The zero-order valence-corrected chi connectivity index (χ0v) is 17.5. The van der Waals surface area contributed by atoms with Gasteiger partial charge in [0.05, 0.1) is 18.7 Å². The predicted octanol–water partition coefficient (Wildman–Crippen LogP) is 2.56. The summed E-state index contributed by atoms with van der Waals surface area (Å²) in [5.74, 6) is 0.368. The Bertz CT molecular complexity index is 788. The molecule has 1 aliphatic heterocycles. The van der Waals surface area contributed by atoms with Gasteiger partial charge in [-0.25, -0.2) is 4.79 Å². The van der Waals surface area contributed by atoms with Crippen LogP contribution in [0.25, 0.3) is 0 Å². The van der Waals surface area contributed by atoms with Gasteiger partial charge in [-0.15, -0.1) is 11.3 Å². The second kappa shape index (κ2) is 10.9. The average Bonchev–Trinajstić information content (AvgIpc) is 3.18. The van der Waals surface area contributed by atoms with Gasteiger partial charge in [0.1, 0.15) is 17.4 Å². The van der Waals surface area contributed by atoms with Gasteiger partial charge >= 0.3 is 5.97 Å². The van der Waals surface area contributed by atoms with Gasteiger partial charge in [0.15, 0.2) is 0 Å². The minimum absolute atomic E-state index is 0.112. The number of thiophene rings is 1. The highest BCUT2D eigenvalue weighted by Gasteiger charge is 2.21. The number of rotatable bonds is 9. The molecule has 1 N–H and O–H groups in total. The van der Waals surface area contributed by atoms with Gasteiger partial charge in [-0.2, -0.15) is 0 Å². The second-order valence-electron chi connectivity index (χ2n) is 6.71. The number of carbonyl (C=O) groups excluding carboxylic acids is 2. The maximum Gasteiger partial charge on any atom is 0.341 e. The first-order valence-electron chi connectivity index (χ1n) is 9.82. The highest BCUT2D eigenvalue weighted by atomic mass is 32.1. The summed E-state index contributed by atoms with van der Waals surface area (Å²) in [6.45, 7) is 7.36. The van der Waals surface area contributed by atoms with E-state index in [1.807, 2.05) is 30.3 Å². The number of esters is 1. The standard InChI is InChI=1S/C21H27N3O4S/c1-2-27-21(26)18-8-15-29-20(18)22-19(25)16-24-11-9-23(10-12-24)13-14-28-17-6-4-3-5-7-17/h3-8,15H,2,9-14,16H2,1H3,(H,22,25). The monoisotopic (exact) mass is 417 g/mol. The van der Waals surface area contributed by atoms with E-state index in [-0.39, 0.29) is 5.91 Å². The number of piperazine rings is 1. The summed E-state index contributed by atoms with van der Waals surface area (Å²) in [6, 6.07) is 11.5. The number of anilines is 1. The number of benzene rings is 1. The maximum absolute atomic E-state index is 12.4. The zero-order valence-electron chi connectivity index (χ0n) is 16.6. The van der Waals surface area contributed by atoms with Gasteiger partial charge in [-0.1, -0.05) is 18.2 Å². The summed E-state index contributed by atoms with van der Waals surface area (Å²) in [5, 5.41) is 5.17. The molecule has 2 heterocycles. The summed E-state index contributed by atoms with van der Waals surface area (Å²) in [4.78, 5) is 28.8. The van der Waals surface area contributed by atoms with Gasteiger partial charge in [0.2, 0.25) is 5.91 Å². The van der Waals surface area contributed by atoms with E-state index >= 15 is 0 Å². The Morgan fingerprint density at radius 1 is 1.07 bits per heavy atom. The Balaban J connectivity index is 1.37. The number of carbonyl (C=O) groups is 2. The van der Waals surface area contributed by atoms with Crippen LogP contribution in [0.5, 0.6) is 5.75 Å². The van der Waals surface area contributed by atoms with Crippen LogP contribution >= 0.6 is 11.3 Å². The molecule has 1 amide bonds. The fourth-order valence-corrected chi connectivity index (χ4v) is 3.92. The third-order valence-electron chi connectivity index (χ3n) is 4.67. The smallest absolute Gasteiger partial charge is 0.341 e. The van der Waals surface area contributed by atoms with Crippen LogP contribution in [-0.2, 0) is 9.53 Å². The summed E-state index contributed by atoms with van der Waals surface area (Å²) < 4.78 is 10.8. The van der Waals surface area contributed by atoms with E-state index in [4.69, 9.17) is 9.47 Å². The van der Waals surface area contributed by atoms with E-state index < -0.39 is 5.97 Å². The molecule has 0 aliphatic carbocycles. The molecule has 1 fully saturated rings. The summed E-state index contributed by atoms with van der Waals surface area (Å²) in [6.07, 6.45) is 0. The van der Waals surface area contributed by atoms with E-state index in [0.29, 0.717) is 30.3 Å². The summed E-state index contributed by atoms with van der Waals surface area (Å²) >= 11 is 1.33. The lowest BCUT2D eigenvalue weighted by atomic mass is 10.3. The van der Waals surface area contributed by atoms with Crippen LogP contribution < -0.4 is 10.1 Å². The molecular formula is C21H27N3O4S. The topological polar surface area (TPSA) is 71.1 Å². The SMILES string of the molecule is CCOC(=O)c1ccsc1NC(=O)CN1CCN(CCOc2ccccc2)CC1. The molecule has 0 unspecified atom stereocenters. The molecule has 1 aromatic heterocycles. The van der Waals surface area contributed by atoms with E-state index in [1.165, 1.54) is 11.3 Å². The van der Waals surface area contributed by atoms with Crippen molar-refractivity contribution in [3.8, 4) is 5.75 Å². The van der Waals surface area contributed by atoms with Crippen molar-refractivity contribution in [2.24, 2.45) is 0 Å². The van der Waals surface area contributed by atoms with Crippen LogP contribution in [0.3, 0.4) is 0 Å². The first-order chi connectivity index (χ1) is 14.2. The summed E-state index contributed by atoms with van der Waals surface area (Å²) in [7, 11) is 0. The van der Waals surface area contributed by atoms with Gasteiger partial charge in [0, 0.05) is 32.7 Å². The molecular weight excluding hydrogens is 390 g/mol. The Morgan fingerprint density at radius 3 is 2.52 bits per heavy atom. The average molecular weight is 418 g/mol. The molecule has 0 radical (unpaired) electrons. The molecule has 0 bridgehead atoms. The van der Waals surface area contributed by atoms with Crippen LogP contribution in [-0.4, -0.2) is 74.2 Å². The van der Waals surface area contributed by atoms with Crippen molar-refractivity contribution < 1.29 is 19.1 Å². The number of hydrogen-bond donors (Lipinski definition) is 1. The van der Waals surface area contributed by atoms with Crippen molar-refractivity contribution in [2.75, 3.05) is 57.8 Å². The maximum atomic E-state index is 12.4. The predicted molar refractivity (Wildman–Crippen MR) is 114 cm³/mol. The van der Waals surface area contributed by atoms with E-state index in [9.17, 15) is 9.59 Å². The van der Waals surface area contributed by atoms with E-state index in [0.717, 1.165) is 38.5 Å². The third-order valence-corrected chi connectivity index (χ3v) is 5.49. The van der Waals surface area contributed by atoms with Gasteiger partial charge in [-0.05, 0) is 30.5 Å². The van der Waals surface area contributed by atoms with Crippen molar-refractivity contribution in [3.63, 3.8) is 0 Å². The van der Waals surface area contributed by atoms with Crippen molar-refractivity contribution in [1.29, 1.82) is 0 Å². The first-order valence-corrected chi connectivity index (χ1v) is 10.7. The van der Waals surface area contributed by atoms with Gasteiger partial charge in [-0.3, -0.25) is 14.6 Å². The molecule has 1 saturated heterocycles. The minimum atomic E-state index is -0.407. The first kappa shape index (κ1) is 21.3. The van der Waals surface area contributed by atoms with E-state index in [1.54, 1.807) is 18.4 Å². The third kappa shape index (κ3) is 6.56. The Morgan fingerprint density at radius 2 is 1.79 bits per heavy atom. The second-order valence-corrected chi connectivity index (χ2v) is 7.63. The fourth-order valence-electron chi connectivity index (χ4n) is 3.13. The van der Waals surface area contributed by atoms with Crippen LogP contribution in [0, 0.1) is 0 Å². The van der Waals surface area contributed by atoms with Crippen molar-refractivity contribution in [3.05, 3.63) is 47.3 Å². The summed E-state index contributed by atoms with van der Waals surface area (Å²) in [5.41, 5.74) is 0.411. The molecule has 0 spiro atoms. The minimum Gasteiger partial charge on any atom is -0.492 e. The van der Waals surface area contributed by atoms with Gasteiger partial charge in [0.25, 0.3) is 0 Å². The lowest BCUT2D eigenvalue weighted by molar-refractivity contribution is -0.117. The van der Waals surface area contributed by atoms with E-state index in [2.05, 4.69) is 15.1 Å². The molecule has 1 aliphatic rings. The quantitative estimate of drug-likeness (QED) is 0.633. The van der Waals surface area contributed by atoms with Crippen LogP contribution in [0.4, 0.5) is 5.00 Å². The normalized spacial score (nSPS) is 15.1. The largest absolute Gasteiger partial charge is 0.492 e. The Hall–Kier alpha value is -2.42. The van der Waals surface area contributed by atoms with Gasteiger partial charge < -0.3 is 14.8 Å². The van der Waals surface area contributed by atoms with Crippen molar-refractivity contribution in [2.45, 2.75) is 6.92 Å². The highest BCUT2D eigenvalue weighted by Crippen LogP contribution is 2.24. The molecule has 8 heteroatoms. The van der Waals surface area contributed by atoms with Crippen LogP contribution in [0.2, 0.25) is 0 Å². The molecule has 1 aromatic carbocycles. The van der Waals surface area contributed by atoms with Crippen LogP contribution in [0.1, 0.15) is 17.3 Å². The fraction of sp³-hybridized carbons (Fsp3) is 0.429. The number of amides is 1. The molecule has 2 aromatic rings. The molecule has 0 saturated carbocycles. The molecule has 0 atom stereocenters. The number of ether oxygens (including phenoxy) is 2. The lowest BCUT2D eigenvalue weighted by Gasteiger charge is -2.34. The highest BCUT2D eigenvalue weighted by molar-refractivity contribution is 7.14. The molecule has 156 valence electrons. The lowest BCUT2D eigenvalue weighted by Crippen LogP contribution is -2.49. The molecule has 7 nitrogen and oxygen atoms in total. The molecule has 29 heavy (non-hydrogen) atoms. The zero-order chi connectivity index (χ0) is 20.5. The number of nitrogens with one attached hydrogen (secondary N) is 1.